The quantitative estimate of drug-likeness (QED) is 0.802. The fraction of sp³-hybridized carbons (Fsp3) is 0.500. The average Bonchev–Trinajstić information content (AvgIpc) is 1.81. The fourth-order valence-corrected chi connectivity index (χ4v) is 1.27. The van der Waals surface area contributed by atoms with Gasteiger partial charge in [-0.3, -0.25) is 0 Å². The van der Waals surface area contributed by atoms with E-state index in [1.165, 1.54) is 0 Å². The average molecular weight is 272 g/mol. The molecule has 0 aliphatic rings. The second-order valence-electron chi connectivity index (χ2n) is 1.79. The summed E-state index contributed by atoms with van der Waals surface area (Å²) in [5, 5.41) is 8.56. The molecule has 0 heterocycles. The van der Waals surface area contributed by atoms with Crippen LogP contribution in [-0.4, -0.2) is 11.1 Å². The highest BCUT2D eigenvalue weighted by Crippen LogP contribution is 2.22. The van der Waals surface area contributed by atoms with Crippen molar-refractivity contribution in [2.75, 3.05) is 0 Å². The summed E-state index contributed by atoms with van der Waals surface area (Å²) >= 11 is 6.12. The molecule has 1 N–H and O–H groups in total. The molecule has 0 unspecified atom stereocenters. The van der Waals surface area contributed by atoms with Crippen molar-refractivity contribution in [2.45, 2.75) is 19.8 Å². The number of hydrogen-bond acceptors (Lipinski definition) is 1. The Morgan fingerprint density at radius 2 is 2.00 bits per heavy atom. The zero-order valence-corrected chi connectivity index (χ0v) is 8.70. The van der Waals surface area contributed by atoms with Crippen LogP contribution in [-0.2, 0) is 4.79 Å². The van der Waals surface area contributed by atoms with E-state index in [0.717, 1.165) is 6.42 Å². The van der Waals surface area contributed by atoms with E-state index in [1.807, 2.05) is 6.92 Å². The molecule has 0 aromatic rings. The topological polar surface area (TPSA) is 37.3 Å². The third kappa shape index (κ3) is 3.37. The van der Waals surface area contributed by atoms with Crippen LogP contribution in [0.15, 0.2) is 8.96 Å². The Hall–Kier alpha value is 0.170. The van der Waals surface area contributed by atoms with E-state index in [1.54, 1.807) is 0 Å². The number of halogens is 2. The van der Waals surface area contributed by atoms with Gasteiger partial charge in [-0.1, -0.05) is 13.3 Å². The van der Waals surface area contributed by atoms with Gasteiger partial charge in [0.15, 0.2) is 0 Å². The third-order valence-corrected chi connectivity index (χ3v) is 1.94. The molecule has 0 radical (unpaired) electrons. The van der Waals surface area contributed by atoms with Crippen molar-refractivity contribution in [1.82, 2.24) is 0 Å². The number of aliphatic carboxylic acids is 1. The minimum atomic E-state index is -0.870. The molecule has 0 spiro atoms. The van der Waals surface area contributed by atoms with Crippen LogP contribution < -0.4 is 0 Å². The Labute approximate surface area is 76.6 Å². The smallest absolute Gasteiger partial charge is 0.333 e. The lowest BCUT2D eigenvalue weighted by atomic mass is 10.2. The number of carbonyl (C=O) groups is 1. The fourth-order valence-electron chi connectivity index (χ4n) is 0.532. The normalized spacial score (nSPS) is 9.10. The zero-order chi connectivity index (χ0) is 8.15. The maximum atomic E-state index is 10.4. The molecule has 0 aromatic carbocycles. The van der Waals surface area contributed by atoms with Gasteiger partial charge in [-0.15, -0.1) is 0 Å². The summed E-state index contributed by atoms with van der Waals surface area (Å²) in [6.45, 7) is 1.94. The monoisotopic (exact) mass is 270 g/mol. The molecule has 0 rings (SSSR count). The first-order valence-electron chi connectivity index (χ1n) is 2.87. The first kappa shape index (κ1) is 10.2. The first-order valence-corrected chi connectivity index (χ1v) is 4.45. The van der Waals surface area contributed by atoms with E-state index in [2.05, 4.69) is 31.9 Å². The summed E-state index contributed by atoms with van der Waals surface area (Å²) in [6, 6.07) is 0. The number of carboxylic acids is 1. The Kier molecular flexibility index (Phi) is 4.99. The summed E-state index contributed by atoms with van der Waals surface area (Å²) < 4.78 is 0.536. The van der Waals surface area contributed by atoms with Gasteiger partial charge in [0, 0.05) is 0 Å². The molecule has 0 aliphatic heterocycles. The van der Waals surface area contributed by atoms with Crippen LogP contribution in [0.3, 0.4) is 0 Å². The lowest BCUT2D eigenvalue weighted by Gasteiger charge is -1.98. The Bertz CT molecular complexity index is 159. The number of hydrogen-bond donors (Lipinski definition) is 1. The van der Waals surface area contributed by atoms with Gasteiger partial charge in [-0.2, -0.15) is 0 Å². The van der Waals surface area contributed by atoms with E-state index >= 15 is 0 Å². The van der Waals surface area contributed by atoms with Gasteiger partial charge in [0.05, 0.1) is 8.96 Å². The van der Waals surface area contributed by atoms with Crippen LogP contribution in [0.5, 0.6) is 0 Å². The molecule has 4 heteroatoms. The SMILES string of the molecule is CCCC(C(=O)O)=C(Br)Br. The van der Waals surface area contributed by atoms with E-state index in [-0.39, 0.29) is 0 Å². The molecular weight excluding hydrogens is 264 g/mol. The van der Waals surface area contributed by atoms with Crippen molar-refractivity contribution >= 4 is 37.8 Å². The van der Waals surface area contributed by atoms with E-state index in [9.17, 15) is 4.79 Å². The minimum Gasteiger partial charge on any atom is -0.478 e. The summed E-state index contributed by atoms with van der Waals surface area (Å²) in [6.07, 6.45) is 1.42. The molecular formula is C6H8Br2O2. The highest BCUT2D eigenvalue weighted by molar-refractivity contribution is 9.28. The molecule has 0 amide bonds. The molecule has 0 aliphatic carbocycles. The van der Waals surface area contributed by atoms with Crippen LogP contribution in [0.2, 0.25) is 0 Å². The van der Waals surface area contributed by atoms with E-state index in [0.29, 0.717) is 15.4 Å². The Morgan fingerprint density at radius 3 is 2.10 bits per heavy atom. The summed E-state index contributed by atoms with van der Waals surface area (Å²) in [5.74, 6) is -0.870. The first-order chi connectivity index (χ1) is 4.59. The zero-order valence-electron chi connectivity index (χ0n) is 5.53. The van der Waals surface area contributed by atoms with E-state index < -0.39 is 5.97 Å². The van der Waals surface area contributed by atoms with Gasteiger partial charge >= 0.3 is 5.97 Å². The summed E-state index contributed by atoms with van der Waals surface area (Å²) in [5.41, 5.74) is 0.391. The molecule has 58 valence electrons. The van der Waals surface area contributed by atoms with Crippen LogP contribution in [0.25, 0.3) is 0 Å². The molecule has 2 nitrogen and oxygen atoms in total. The molecule has 0 fully saturated rings. The highest BCUT2D eigenvalue weighted by Gasteiger charge is 2.08. The van der Waals surface area contributed by atoms with Crippen LogP contribution in [0.4, 0.5) is 0 Å². The molecule has 0 atom stereocenters. The van der Waals surface area contributed by atoms with Gasteiger partial charge in [-0.25, -0.2) is 4.79 Å². The minimum absolute atomic E-state index is 0.391. The van der Waals surface area contributed by atoms with Crippen molar-refractivity contribution in [3.05, 3.63) is 8.96 Å². The van der Waals surface area contributed by atoms with Gasteiger partial charge in [0.25, 0.3) is 0 Å². The number of rotatable bonds is 3. The van der Waals surface area contributed by atoms with Crippen LogP contribution in [0, 0.1) is 0 Å². The lowest BCUT2D eigenvalue weighted by molar-refractivity contribution is -0.132. The van der Waals surface area contributed by atoms with Crippen molar-refractivity contribution in [3.8, 4) is 0 Å². The maximum absolute atomic E-state index is 10.4. The maximum Gasteiger partial charge on any atom is 0.333 e. The molecule has 0 saturated carbocycles. The van der Waals surface area contributed by atoms with Crippen molar-refractivity contribution in [2.24, 2.45) is 0 Å². The van der Waals surface area contributed by atoms with Gasteiger partial charge < -0.3 is 5.11 Å². The van der Waals surface area contributed by atoms with Gasteiger partial charge in [0.2, 0.25) is 0 Å². The largest absolute Gasteiger partial charge is 0.478 e. The van der Waals surface area contributed by atoms with Gasteiger partial charge in [0.1, 0.15) is 0 Å². The molecule has 0 aromatic heterocycles. The van der Waals surface area contributed by atoms with Gasteiger partial charge in [-0.05, 0) is 38.3 Å². The Balaban J connectivity index is 4.28. The number of carboxylic acid groups (broad SMARTS) is 1. The van der Waals surface area contributed by atoms with Crippen molar-refractivity contribution in [3.63, 3.8) is 0 Å². The lowest BCUT2D eigenvalue weighted by Crippen LogP contribution is -2.00. The predicted molar refractivity (Wildman–Crippen MR) is 47.4 cm³/mol. The second kappa shape index (κ2) is 4.91. The summed E-state index contributed by atoms with van der Waals surface area (Å²) in [4.78, 5) is 10.4. The third-order valence-electron chi connectivity index (χ3n) is 0.986. The highest BCUT2D eigenvalue weighted by atomic mass is 79.9. The van der Waals surface area contributed by atoms with E-state index in [4.69, 9.17) is 5.11 Å². The second-order valence-corrected chi connectivity index (χ2v) is 4.44. The van der Waals surface area contributed by atoms with Crippen LogP contribution in [0.1, 0.15) is 19.8 Å². The van der Waals surface area contributed by atoms with Crippen molar-refractivity contribution < 1.29 is 9.90 Å². The Morgan fingerprint density at radius 1 is 1.50 bits per heavy atom. The standard InChI is InChI=1S/C6H8Br2O2/c1-2-3-4(5(7)8)6(9)10/h2-3H2,1H3,(H,9,10). The van der Waals surface area contributed by atoms with Crippen molar-refractivity contribution in [1.29, 1.82) is 0 Å². The molecule has 0 saturated heterocycles. The summed E-state index contributed by atoms with van der Waals surface area (Å²) in [7, 11) is 0. The molecule has 0 bridgehead atoms. The molecule has 10 heavy (non-hydrogen) atoms. The predicted octanol–water partition coefficient (Wildman–Crippen LogP) is 2.87. The van der Waals surface area contributed by atoms with Crippen LogP contribution >= 0.6 is 31.9 Å².